The van der Waals surface area contributed by atoms with Crippen molar-refractivity contribution in [3.63, 3.8) is 0 Å². The number of likely N-dealkylation sites (N-methyl/N-ethyl adjacent to an activating group) is 1. The number of aromatic nitrogens is 2. The molecule has 2 bridgehead atoms. The molecule has 25 heavy (non-hydrogen) atoms. The van der Waals surface area contributed by atoms with E-state index in [1.54, 1.807) is 11.9 Å². The Hall–Kier alpha value is -2.67. The number of carbonyl (C=O) groups is 2. The lowest BCUT2D eigenvalue weighted by molar-refractivity contribution is -0.164. The molecule has 2 saturated heterocycles. The van der Waals surface area contributed by atoms with E-state index in [9.17, 15) is 14.7 Å². The molecule has 1 aromatic carbocycles. The highest BCUT2D eigenvalue weighted by atomic mass is 16.5. The molecule has 0 spiro atoms. The summed E-state index contributed by atoms with van der Waals surface area (Å²) in [6, 6.07) is 11.7. The molecule has 3 heterocycles. The standard InChI is InChI=1S/C18H19N3O4/c1-21(15(22)18-9-17(10-18,11-25-18)16(23)24)8-13-7-14(20-19-13)12-5-3-2-4-6-12/h2-7H,8-11H2,1H3,(H,19,20)(H,23,24). The van der Waals surface area contributed by atoms with Crippen molar-refractivity contribution in [1.29, 1.82) is 0 Å². The molecular weight excluding hydrogens is 322 g/mol. The molecule has 0 unspecified atom stereocenters. The van der Waals surface area contributed by atoms with Gasteiger partial charge in [-0.25, -0.2) is 0 Å². The number of hydrogen-bond acceptors (Lipinski definition) is 4. The van der Waals surface area contributed by atoms with Crippen LogP contribution in [0.15, 0.2) is 36.4 Å². The average molecular weight is 341 g/mol. The Labute approximate surface area is 144 Å². The van der Waals surface area contributed by atoms with E-state index in [2.05, 4.69) is 10.2 Å². The van der Waals surface area contributed by atoms with E-state index in [4.69, 9.17) is 4.74 Å². The predicted molar refractivity (Wildman–Crippen MR) is 88.5 cm³/mol. The Kier molecular flexibility index (Phi) is 3.43. The molecule has 3 fully saturated rings. The summed E-state index contributed by atoms with van der Waals surface area (Å²) in [7, 11) is 1.70. The van der Waals surface area contributed by atoms with Gasteiger partial charge in [0.15, 0.2) is 0 Å². The first-order valence-electron chi connectivity index (χ1n) is 8.17. The molecule has 0 atom stereocenters. The first kappa shape index (κ1) is 15.8. The predicted octanol–water partition coefficient (Wildman–Crippen LogP) is 1.67. The molecule has 2 aromatic rings. The SMILES string of the molecule is CN(Cc1cc(-c2ccccc2)n[nH]1)C(=O)C12CC(C(=O)O)(CO1)C2. The number of nitrogens with one attached hydrogen (secondary N) is 1. The topological polar surface area (TPSA) is 95.5 Å². The van der Waals surface area contributed by atoms with E-state index in [1.165, 1.54) is 0 Å². The Balaban J connectivity index is 1.43. The second-order valence-corrected chi connectivity index (χ2v) is 7.03. The maximum atomic E-state index is 12.7. The fourth-order valence-electron chi connectivity index (χ4n) is 3.82. The number of carbonyl (C=O) groups excluding carboxylic acids is 1. The third kappa shape index (κ3) is 2.42. The maximum Gasteiger partial charge on any atom is 0.312 e. The third-order valence-electron chi connectivity index (χ3n) is 5.17. The first-order chi connectivity index (χ1) is 11.9. The number of nitrogens with zero attached hydrogens (tertiary/aromatic N) is 2. The number of hydrogen-bond donors (Lipinski definition) is 2. The Bertz CT molecular complexity index is 824. The number of benzene rings is 1. The summed E-state index contributed by atoms with van der Waals surface area (Å²) >= 11 is 0. The molecule has 7 nitrogen and oxygen atoms in total. The molecular formula is C18H19N3O4. The van der Waals surface area contributed by atoms with Crippen LogP contribution in [-0.2, 0) is 20.9 Å². The summed E-state index contributed by atoms with van der Waals surface area (Å²) in [5.74, 6) is -1.05. The Morgan fingerprint density at radius 2 is 2.04 bits per heavy atom. The van der Waals surface area contributed by atoms with Crippen LogP contribution in [0.5, 0.6) is 0 Å². The number of aromatic amines is 1. The van der Waals surface area contributed by atoms with Gasteiger partial charge in [-0.1, -0.05) is 30.3 Å². The average Bonchev–Trinajstić information content (AvgIpc) is 3.28. The zero-order chi connectivity index (χ0) is 17.7. The molecule has 130 valence electrons. The monoisotopic (exact) mass is 341 g/mol. The Morgan fingerprint density at radius 1 is 1.32 bits per heavy atom. The molecule has 1 aromatic heterocycles. The number of carboxylic acids is 1. The number of ether oxygens (including phenoxy) is 1. The fourth-order valence-corrected chi connectivity index (χ4v) is 3.82. The molecule has 7 heteroatoms. The van der Waals surface area contributed by atoms with Gasteiger partial charge in [-0.3, -0.25) is 14.7 Å². The van der Waals surface area contributed by atoms with Crippen molar-refractivity contribution >= 4 is 11.9 Å². The molecule has 5 rings (SSSR count). The van der Waals surface area contributed by atoms with Crippen molar-refractivity contribution in [3.8, 4) is 11.3 Å². The lowest BCUT2D eigenvalue weighted by Gasteiger charge is -2.42. The van der Waals surface area contributed by atoms with Gasteiger partial charge in [0.2, 0.25) is 0 Å². The van der Waals surface area contributed by atoms with E-state index < -0.39 is 17.0 Å². The number of amides is 1. The fraction of sp³-hybridized carbons (Fsp3) is 0.389. The van der Waals surface area contributed by atoms with Crippen LogP contribution >= 0.6 is 0 Å². The highest BCUT2D eigenvalue weighted by Gasteiger charge is 2.70. The molecule has 3 aliphatic rings. The second-order valence-electron chi connectivity index (χ2n) is 7.03. The minimum absolute atomic E-state index is 0.115. The molecule has 1 aliphatic carbocycles. The Morgan fingerprint density at radius 3 is 2.68 bits per heavy atom. The molecule has 1 amide bonds. The van der Waals surface area contributed by atoms with E-state index in [0.717, 1.165) is 17.0 Å². The summed E-state index contributed by atoms with van der Waals surface area (Å²) in [6.45, 7) is 0.480. The number of rotatable bonds is 5. The van der Waals surface area contributed by atoms with E-state index in [1.807, 2.05) is 36.4 Å². The first-order valence-corrected chi connectivity index (χ1v) is 8.17. The normalized spacial score (nSPS) is 26.9. The van der Waals surface area contributed by atoms with Crippen LogP contribution in [0.1, 0.15) is 18.5 Å². The van der Waals surface area contributed by atoms with Gasteiger partial charge in [-0.15, -0.1) is 0 Å². The van der Waals surface area contributed by atoms with Gasteiger partial charge in [0.1, 0.15) is 5.60 Å². The minimum atomic E-state index is -0.963. The van der Waals surface area contributed by atoms with Crippen LogP contribution in [-0.4, -0.2) is 51.3 Å². The zero-order valence-electron chi connectivity index (χ0n) is 13.9. The molecule has 2 N–H and O–H groups in total. The van der Waals surface area contributed by atoms with Crippen LogP contribution in [0.2, 0.25) is 0 Å². The van der Waals surface area contributed by atoms with Gasteiger partial charge < -0.3 is 14.7 Å². The van der Waals surface area contributed by atoms with Crippen LogP contribution in [0.25, 0.3) is 11.3 Å². The third-order valence-corrected chi connectivity index (χ3v) is 5.17. The largest absolute Gasteiger partial charge is 0.481 e. The number of fused-ring (bicyclic) bond motifs is 1. The van der Waals surface area contributed by atoms with Crippen LogP contribution < -0.4 is 0 Å². The van der Waals surface area contributed by atoms with Crippen molar-refractivity contribution in [1.82, 2.24) is 15.1 Å². The van der Waals surface area contributed by atoms with Crippen LogP contribution in [0.4, 0.5) is 0 Å². The van der Waals surface area contributed by atoms with Gasteiger partial charge >= 0.3 is 5.97 Å². The van der Waals surface area contributed by atoms with Crippen molar-refractivity contribution < 1.29 is 19.4 Å². The number of H-pyrrole nitrogens is 1. The molecule has 2 aliphatic heterocycles. The van der Waals surface area contributed by atoms with Crippen LogP contribution in [0.3, 0.4) is 0 Å². The van der Waals surface area contributed by atoms with Gasteiger partial charge in [0.25, 0.3) is 5.91 Å². The summed E-state index contributed by atoms with van der Waals surface area (Å²) in [4.78, 5) is 25.6. The second kappa shape index (κ2) is 5.42. The van der Waals surface area contributed by atoms with Crippen LogP contribution in [0, 0.1) is 5.41 Å². The van der Waals surface area contributed by atoms with Gasteiger partial charge in [-0.2, -0.15) is 5.10 Å². The van der Waals surface area contributed by atoms with Gasteiger partial charge in [0.05, 0.1) is 30.0 Å². The van der Waals surface area contributed by atoms with Gasteiger partial charge in [-0.05, 0) is 6.07 Å². The van der Waals surface area contributed by atoms with Crippen molar-refractivity contribution in [2.24, 2.45) is 5.41 Å². The molecule has 1 saturated carbocycles. The minimum Gasteiger partial charge on any atom is -0.481 e. The highest BCUT2D eigenvalue weighted by molar-refractivity contribution is 5.92. The molecule has 0 radical (unpaired) electrons. The lowest BCUT2D eigenvalue weighted by atomic mass is 9.62. The van der Waals surface area contributed by atoms with Crippen molar-refractivity contribution in [3.05, 3.63) is 42.1 Å². The summed E-state index contributed by atoms with van der Waals surface area (Å²) in [5.41, 5.74) is 0.801. The van der Waals surface area contributed by atoms with E-state index in [0.29, 0.717) is 6.54 Å². The summed E-state index contributed by atoms with van der Waals surface area (Å²) in [5, 5.41) is 16.5. The van der Waals surface area contributed by atoms with Crippen molar-refractivity contribution in [2.75, 3.05) is 13.7 Å². The highest BCUT2D eigenvalue weighted by Crippen LogP contribution is 2.58. The van der Waals surface area contributed by atoms with E-state index in [-0.39, 0.29) is 25.4 Å². The quantitative estimate of drug-likeness (QED) is 0.862. The van der Waals surface area contributed by atoms with Gasteiger partial charge in [0, 0.05) is 25.5 Å². The summed E-state index contributed by atoms with van der Waals surface area (Å²) in [6.07, 6.45) is 0.521. The number of carboxylic acid groups (broad SMARTS) is 1. The van der Waals surface area contributed by atoms with Crippen molar-refractivity contribution in [2.45, 2.75) is 25.0 Å². The van der Waals surface area contributed by atoms with E-state index >= 15 is 0 Å². The number of aliphatic carboxylic acids is 1. The lowest BCUT2D eigenvalue weighted by Crippen LogP contribution is -2.57. The summed E-state index contributed by atoms with van der Waals surface area (Å²) < 4.78 is 5.58. The zero-order valence-corrected chi connectivity index (χ0v) is 13.9. The maximum absolute atomic E-state index is 12.7. The smallest absolute Gasteiger partial charge is 0.312 e.